The normalized spacial score (nSPS) is 22.4. The Balaban J connectivity index is 1.38. The number of benzene rings is 3. The van der Waals surface area contributed by atoms with Crippen LogP contribution < -0.4 is 27.0 Å². The number of carbonyl (C=O) groups is 5. The molecule has 14 nitrogen and oxygen atoms in total. The average Bonchev–Trinajstić information content (AvgIpc) is 3.60. The number of nitro benzene ring substituents is 1. The van der Waals surface area contributed by atoms with Gasteiger partial charge in [-0.15, -0.1) is 0 Å². The molecule has 2 saturated heterocycles. The van der Waals surface area contributed by atoms with Crippen molar-refractivity contribution >= 4 is 46.0 Å². The quantitative estimate of drug-likeness (QED) is 0.164. The second-order valence-corrected chi connectivity index (χ2v) is 13.7. The number of hydrogen-bond acceptors (Lipinski definition) is 8. The summed E-state index contributed by atoms with van der Waals surface area (Å²) in [4.78, 5) is 80.4. The van der Waals surface area contributed by atoms with Gasteiger partial charge in [-0.05, 0) is 59.9 Å². The van der Waals surface area contributed by atoms with E-state index in [1.807, 2.05) is 56.3 Å². The predicted octanol–water partition coefficient (Wildman–Crippen LogP) is 1.87. The first kappa shape index (κ1) is 36.9. The first-order valence-electron chi connectivity index (χ1n) is 17.4. The molecule has 6 N–H and O–H groups in total. The van der Waals surface area contributed by atoms with Gasteiger partial charge in [0.2, 0.25) is 29.5 Å². The third-order valence-electron chi connectivity index (χ3n) is 9.35. The topological polar surface area (TPSA) is 206 Å². The van der Waals surface area contributed by atoms with Gasteiger partial charge in [-0.2, -0.15) is 0 Å². The Kier molecular flexibility index (Phi) is 12.0. The van der Waals surface area contributed by atoms with E-state index in [1.54, 1.807) is 0 Å². The molecule has 0 spiro atoms. The van der Waals surface area contributed by atoms with Gasteiger partial charge in [0.05, 0.1) is 11.0 Å². The Morgan fingerprint density at radius 1 is 0.922 bits per heavy atom. The van der Waals surface area contributed by atoms with E-state index in [-0.39, 0.29) is 44.0 Å². The lowest BCUT2D eigenvalue weighted by Gasteiger charge is -2.31. The maximum absolute atomic E-state index is 14.0. The largest absolute Gasteiger partial charge is 0.354 e. The SMILES string of the molecule is CC(C)C[C@@H]1NC(=O)[C@H](Cc2ccc3ccccc3c2)NC(=O)[C@@H]2CCCN2C(=O)[C@@H](NC(=O)[C@@H](N)Cc2ccc([N+](=O)[O-])cc2)CCNC1=O. The molecule has 3 aromatic carbocycles. The van der Waals surface area contributed by atoms with E-state index >= 15 is 0 Å². The summed E-state index contributed by atoms with van der Waals surface area (Å²) in [6.07, 6.45) is 1.48. The molecule has 14 heteroatoms. The van der Waals surface area contributed by atoms with Crippen LogP contribution in [-0.2, 0) is 36.8 Å². The second kappa shape index (κ2) is 16.6. The van der Waals surface area contributed by atoms with Gasteiger partial charge in [0, 0.05) is 31.6 Å². The van der Waals surface area contributed by atoms with Gasteiger partial charge in [-0.3, -0.25) is 34.1 Å². The maximum atomic E-state index is 14.0. The van der Waals surface area contributed by atoms with Gasteiger partial charge >= 0.3 is 0 Å². The zero-order valence-corrected chi connectivity index (χ0v) is 28.8. The Labute approximate surface area is 296 Å². The first-order valence-corrected chi connectivity index (χ1v) is 17.4. The minimum absolute atomic E-state index is 0.00278. The molecule has 3 aromatic rings. The molecule has 2 aliphatic heterocycles. The summed E-state index contributed by atoms with van der Waals surface area (Å²) in [6.45, 7) is 4.13. The number of nitrogens with two attached hydrogens (primary N) is 1. The smallest absolute Gasteiger partial charge is 0.269 e. The Morgan fingerprint density at radius 3 is 2.31 bits per heavy atom. The molecule has 0 unspecified atom stereocenters. The van der Waals surface area contributed by atoms with Crippen LogP contribution in [0.3, 0.4) is 0 Å². The highest BCUT2D eigenvalue weighted by Gasteiger charge is 2.40. The lowest BCUT2D eigenvalue weighted by molar-refractivity contribution is -0.384. The van der Waals surface area contributed by atoms with Crippen LogP contribution in [0.2, 0.25) is 0 Å². The lowest BCUT2D eigenvalue weighted by atomic mass is 9.99. The number of carbonyl (C=O) groups excluding carboxylic acids is 5. The van der Waals surface area contributed by atoms with E-state index in [1.165, 1.54) is 29.2 Å². The molecule has 0 aliphatic carbocycles. The van der Waals surface area contributed by atoms with Crippen molar-refractivity contribution in [3.63, 3.8) is 0 Å². The Bertz CT molecular complexity index is 1780. The molecule has 270 valence electrons. The number of non-ortho nitro benzene ring substituents is 1. The van der Waals surface area contributed by atoms with Gasteiger partial charge in [-0.1, -0.05) is 68.4 Å². The lowest BCUT2D eigenvalue weighted by Crippen LogP contribution is -2.60. The van der Waals surface area contributed by atoms with Crippen molar-refractivity contribution in [2.75, 3.05) is 13.1 Å². The minimum atomic E-state index is -1.11. The van der Waals surface area contributed by atoms with Crippen molar-refractivity contribution in [3.05, 3.63) is 88.0 Å². The predicted molar refractivity (Wildman–Crippen MR) is 190 cm³/mol. The summed E-state index contributed by atoms with van der Waals surface area (Å²) in [5.74, 6) is -2.52. The molecule has 2 heterocycles. The molecule has 5 atom stereocenters. The van der Waals surface area contributed by atoms with E-state index in [0.29, 0.717) is 24.8 Å². The van der Waals surface area contributed by atoms with Crippen molar-refractivity contribution in [2.45, 2.75) is 82.6 Å². The van der Waals surface area contributed by atoms with Crippen molar-refractivity contribution in [1.82, 2.24) is 26.2 Å². The second-order valence-electron chi connectivity index (χ2n) is 13.7. The van der Waals surface area contributed by atoms with E-state index < -0.39 is 64.7 Å². The summed E-state index contributed by atoms with van der Waals surface area (Å²) in [7, 11) is 0. The van der Waals surface area contributed by atoms with Crippen LogP contribution in [0.5, 0.6) is 0 Å². The van der Waals surface area contributed by atoms with Gasteiger partial charge < -0.3 is 31.9 Å². The van der Waals surface area contributed by atoms with Gasteiger partial charge in [0.25, 0.3) is 5.69 Å². The van der Waals surface area contributed by atoms with Crippen LogP contribution >= 0.6 is 0 Å². The molecule has 0 bridgehead atoms. The van der Waals surface area contributed by atoms with E-state index in [0.717, 1.165) is 16.3 Å². The van der Waals surface area contributed by atoms with Crippen LogP contribution in [0.1, 0.15) is 50.7 Å². The van der Waals surface area contributed by atoms with Crippen LogP contribution in [0.15, 0.2) is 66.7 Å². The summed E-state index contributed by atoms with van der Waals surface area (Å²) < 4.78 is 0. The number of hydrogen-bond donors (Lipinski definition) is 5. The molecular weight excluding hydrogens is 654 g/mol. The third-order valence-corrected chi connectivity index (χ3v) is 9.35. The number of fused-ring (bicyclic) bond motifs is 2. The van der Waals surface area contributed by atoms with Crippen molar-refractivity contribution in [1.29, 1.82) is 0 Å². The van der Waals surface area contributed by atoms with E-state index in [9.17, 15) is 34.1 Å². The maximum Gasteiger partial charge on any atom is 0.269 e. The summed E-state index contributed by atoms with van der Waals surface area (Å²) in [6, 6.07) is 14.3. The zero-order chi connectivity index (χ0) is 36.7. The van der Waals surface area contributed by atoms with E-state index in [4.69, 9.17) is 5.73 Å². The zero-order valence-electron chi connectivity index (χ0n) is 28.8. The third kappa shape index (κ3) is 9.45. The first-order chi connectivity index (χ1) is 24.4. The number of rotatable bonds is 9. The fourth-order valence-electron chi connectivity index (χ4n) is 6.66. The van der Waals surface area contributed by atoms with Crippen LogP contribution in [0.4, 0.5) is 5.69 Å². The van der Waals surface area contributed by atoms with Gasteiger partial charge in [0.15, 0.2) is 0 Å². The molecule has 2 aliphatic rings. The fourth-order valence-corrected chi connectivity index (χ4v) is 6.66. The summed E-state index contributed by atoms with van der Waals surface area (Å²) in [5.41, 5.74) is 7.53. The highest BCUT2D eigenvalue weighted by molar-refractivity contribution is 5.96. The van der Waals surface area contributed by atoms with Crippen LogP contribution in [-0.4, -0.2) is 82.7 Å². The van der Waals surface area contributed by atoms with Crippen molar-refractivity contribution in [3.8, 4) is 0 Å². The van der Waals surface area contributed by atoms with Crippen molar-refractivity contribution in [2.24, 2.45) is 11.7 Å². The molecular formula is C37H45N7O7. The summed E-state index contributed by atoms with van der Waals surface area (Å²) >= 11 is 0. The monoisotopic (exact) mass is 699 g/mol. The average molecular weight is 700 g/mol. The van der Waals surface area contributed by atoms with E-state index in [2.05, 4.69) is 21.3 Å². The molecule has 0 saturated carbocycles. The van der Waals surface area contributed by atoms with Crippen molar-refractivity contribution < 1.29 is 28.9 Å². The molecule has 0 aromatic heterocycles. The fraction of sp³-hybridized carbons (Fsp3) is 0.432. The highest BCUT2D eigenvalue weighted by atomic mass is 16.6. The molecule has 0 radical (unpaired) electrons. The van der Waals surface area contributed by atoms with Crippen LogP contribution in [0, 0.1) is 16.0 Å². The van der Waals surface area contributed by atoms with Crippen LogP contribution in [0.25, 0.3) is 10.8 Å². The Morgan fingerprint density at radius 2 is 1.61 bits per heavy atom. The number of nitrogens with one attached hydrogen (secondary N) is 4. The molecule has 51 heavy (non-hydrogen) atoms. The number of nitro groups is 1. The standard InChI is InChI=1S/C37H45N7O7/c1-22(2)18-30-34(46)39-16-15-29(40-33(45)28(38)20-23-10-13-27(14-11-23)44(50)51)37(49)43-17-5-8-32(43)36(48)42-31(35(47)41-30)21-24-9-12-25-6-3-4-7-26(25)19-24/h3-4,6-7,9-14,19,22,28-32H,5,8,15-18,20-21,38H2,1-2H3,(H,39,46)(H,40,45)(H,41,47)(H,42,48)/t28-,29-,30-,31-,32-/m0/s1. The molecule has 5 rings (SSSR count). The number of nitrogens with zero attached hydrogens (tertiary/aromatic N) is 2. The minimum Gasteiger partial charge on any atom is -0.354 e. The molecule has 2 fully saturated rings. The molecule has 5 amide bonds. The van der Waals surface area contributed by atoms with Gasteiger partial charge in [-0.25, -0.2) is 0 Å². The Hall–Kier alpha value is -5.37. The summed E-state index contributed by atoms with van der Waals surface area (Å²) in [5, 5.41) is 24.3. The van der Waals surface area contributed by atoms with Gasteiger partial charge in [0.1, 0.15) is 24.2 Å². The number of amides is 5. The highest BCUT2D eigenvalue weighted by Crippen LogP contribution is 2.22.